The first kappa shape index (κ1) is 43.6. The van der Waals surface area contributed by atoms with Gasteiger partial charge in [0.2, 0.25) is 0 Å². The first-order chi connectivity index (χ1) is 34.6. The molecule has 342 valence electrons. The average Bonchev–Trinajstić information content (AvgIpc) is 3.87. The van der Waals surface area contributed by atoms with E-state index in [0.717, 1.165) is 44.5 Å². The number of aryl methyl sites for hydroxylation is 6. The van der Waals surface area contributed by atoms with Crippen LogP contribution in [0.15, 0.2) is 195 Å². The summed E-state index contributed by atoms with van der Waals surface area (Å²) in [4.78, 5) is 15.4. The molecule has 3 aromatic heterocycles. The summed E-state index contributed by atoms with van der Waals surface area (Å²) in [6.07, 6.45) is 0. The third-order valence-corrected chi connectivity index (χ3v) is 14.3. The standard InChI is InChI=1S/C66H53N5/c1-40-32-42(3)62(43(4)33-40)49-26-29-58-55(36-49)52-22-14-16-24-57(52)70(58)39-46(7)54-38-51(66-68-64(47-18-10-8-11-19-47)67-65(69-66)48-20-12-9-13-21-48)28-31-60(54)71-59-25-17-15-23-53(59)56-37-50(27-30-61(56)71)63-44(5)34-41(2)35-45(63)6/h8-38H,7,39H2,1-6H3. The lowest BCUT2D eigenvalue weighted by molar-refractivity contribution is 0.914. The lowest BCUT2D eigenvalue weighted by atomic mass is 9.93. The molecule has 0 N–H and O–H groups in total. The topological polar surface area (TPSA) is 48.5 Å². The highest BCUT2D eigenvalue weighted by Gasteiger charge is 2.22. The monoisotopic (exact) mass is 915 g/mol. The molecule has 0 saturated carbocycles. The van der Waals surface area contributed by atoms with Crippen molar-refractivity contribution in [3.63, 3.8) is 0 Å². The highest BCUT2D eigenvalue weighted by atomic mass is 15.0. The summed E-state index contributed by atoms with van der Waals surface area (Å²) < 4.78 is 4.87. The fraction of sp³-hybridized carbons (Fsp3) is 0.106. The summed E-state index contributed by atoms with van der Waals surface area (Å²) in [5.74, 6) is 1.84. The van der Waals surface area contributed by atoms with Crippen molar-refractivity contribution in [2.45, 2.75) is 48.1 Å². The summed E-state index contributed by atoms with van der Waals surface area (Å²) in [6, 6.07) is 67.7. The molecule has 9 aromatic carbocycles. The predicted octanol–water partition coefficient (Wildman–Crippen LogP) is 17.0. The van der Waals surface area contributed by atoms with E-state index in [-0.39, 0.29) is 0 Å². The third kappa shape index (κ3) is 7.62. The molecule has 3 heterocycles. The first-order valence-corrected chi connectivity index (χ1v) is 24.5. The molecule has 0 aliphatic carbocycles. The van der Waals surface area contributed by atoms with Crippen LogP contribution in [0, 0.1) is 41.5 Å². The van der Waals surface area contributed by atoms with Crippen LogP contribution in [0.25, 0.3) is 111 Å². The number of fused-ring (bicyclic) bond motifs is 6. The number of allylic oxidation sites excluding steroid dienone is 1. The molecule has 5 heteroatoms. The Morgan fingerprint density at radius 3 is 1.34 bits per heavy atom. The molecule has 0 amide bonds. The molecule has 0 spiro atoms. The van der Waals surface area contributed by atoms with Gasteiger partial charge in [-0.05, 0) is 146 Å². The van der Waals surface area contributed by atoms with E-state index in [4.69, 9.17) is 21.5 Å². The number of aromatic nitrogens is 5. The van der Waals surface area contributed by atoms with E-state index in [1.165, 1.54) is 88.2 Å². The van der Waals surface area contributed by atoms with E-state index < -0.39 is 0 Å². The maximum atomic E-state index is 5.19. The van der Waals surface area contributed by atoms with Gasteiger partial charge in [0, 0.05) is 61.4 Å². The molecule has 71 heavy (non-hydrogen) atoms. The smallest absolute Gasteiger partial charge is 0.164 e. The quantitative estimate of drug-likeness (QED) is 0.145. The molecule has 0 unspecified atom stereocenters. The van der Waals surface area contributed by atoms with E-state index in [9.17, 15) is 0 Å². The Morgan fingerprint density at radius 2 is 0.789 bits per heavy atom. The van der Waals surface area contributed by atoms with Crippen LogP contribution < -0.4 is 0 Å². The van der Waals surface area contributed by atoms with Crippen LogP contribution in [0.5, 0.6) is 0 Å². The molecule has 0 fully saturated rings. The summed E-state index contributed by atoms with van der Waals surface area (Å²) >= 11 is 0. The SMILES string of the molecule is C=C(Cn1c2ccccc2c2cc(-c3c(C)cc(C)cc3C)ccc21)c1cc(-c2nc(-c3ccccc3)nc(-c3ccccc3)n2)ccc1-n1c2ccccc2c2cc(-c3c(C)cc(C)cc3C)ccc21. The molecule has 12 rings (SSSR count). The second kappa shape index (κ2) is 17.4. The fourth-order valence-electron chi connectivity index (χ4n) is 11.4. The Balaban J connectivity index is 1.07. The Morgan fingerprint density at radius 1 is 0.380 bits per heavy atom. The van der Waals surface area contributed by atoms with Gasteiger partial charge in [0.15, 0.2) is 17.5 Å². The van der Waals surface area contributed by atoms with E-state index in [1.807, 2.05) is 36.4 Å². The number of benzene rings is 9. The Hall–Kier alpha value is -8.67. The maximum absolute atomic E-state index is 5.19. The molecular formula is C66H53N5. The molecule has 12 aromatic rings. The van der Waals surface area contributed by atoms with Crippen LogP contribution >= 0.6 is 0 Å². The van der Waals surface area contributed by atoms with Crippen molar-refractivity contribution in [1.82, 2.24) is 24.1 Å². The minimum atomic E-state index is 0.553. The summed E-state index contributed by atoms with van der Waals surface area (Å²) in [5.41, 5.74) is 23.1. The minimum absolute atomic E-state index is 0.553. The van der Waals surface area contributed by atoms with E-state index in [1.54, 1.807) is 0 Å². The largest absolute Gasteiger partial charge is 0.336 e. The van der Waals surface area contributed by atoms with Gasteiger partial charge in [0.05, 0.1) is 16.7 Å². The Bertz CT molecular complexity index is 3990. The normalized spacial score (nSPS) is 11.6. The second-order valence-electron chi connectivity index (χ2n) is 19.3. The van der Waals surface area contributed by atoms with Crippen LogP contribution in [-0.2, 0) is 6.54 Å². The van der Waals surface area contributed by atoms with Crippen molar-refractivity contribution in [2.24, 2.45) is 0 Å². The van der Waals surface area contributed by atoms with Crippen molar-refractivity contribution < 1.29 is 0 Å². The fourth-order valence-corrected chi connectivity index (χ4v) is 11.4. The Labute approximate surface area is 415 Å². The average molecular weight is 916 g/mol. The highest BCUT2D eigenvalue weighted by Crippen LogP contribution is 2.41. The van der Waals surface area contributed by atoms with Crippen molar-refractivity contribution in [1.29, 1.82) is 0 Å². The van der Waals surface area contributed by atoms with E-state index in [0.29, 0.717) is 24.0 Å². The second-order valence-corrected chi connectivity index (χ2v) is 19.3. The highest BCUT2D eigenvalue weighted by molar-refractivity contribution is 6.12. The summed E-state index contributed by atoms with van der Waals surface area (Å²) in [6.45, 7) is 18.8. The van der Waals surface area contributed by atoms with Crippen LogP contribution in [-0.4, -0.2) is 24.1 Å². The van der Waals surface area contributed by atoms with Crippen LogP contribution in [0.4, 0.5) is 0 Å². The van der Waals surface area contributed by atoms with Gasteiger partial charge >= 0.3 is 0 Å². The van der Waals surface area contributed by atoms with Crippen LogP contribution in [0.1, 0.15) is 38.9 Å². The van der Waals surface area contributed by atoms with Gasteiger partial charge in [0.1, 0.15) is 0 Å². The zero-order valence-electron chi connectivity index (χ0n) is 41.0. The number of nitrogens with zero attached hydrogens (tertiary/aromatic N) is 5. The van der Waals surface area contributed by atoms with Gasteiger partial charge < -0.3 is 9.13 Å². The third-order valence-electron chi connectivity index (χ3n) is 14.3. The van der Waals surface area contributed by atoms with Gasteiger partial charge in [-0.1, -0.05) is 151 Å². The number of rotatable bonds is 9. The van der Waals surface area contributed by atoms with Gasteiger partial charge in [-0.2, -0.15) is 0 Å². The van der Waals surface area contributed by atoms with Crippen molar-refractivity contribution >= 4 is 49.2 Å². The van der Waals surface area contributed by atoms with E-state index in [2.05, 4.69) is 202 Å². The zero-order chi connectivity index (χ0) is 48.5. The van der Waals surface area contributed by atoms with Gasteiger partial charge in [-0.25, -0.2) is 15.0 Å². The number of hydrogen-bond donors (Lipinski definition) is 0. The number of para-hydroxylation sites is 2. The van der Waals surface area contributed by atoms with Crippen LogP contribution in [0.2, 0.25) is 0 Å². The molecule has 5 nitrogen and oxygen atoms in total. The molecule has 0 saturated heterocycles. The summed E-state index contributed by atoms with van der Waals surface area (Å²) in [5, 5.41) is 4.84. The molecule has 0 aliphatic rings. The number of hydrogen-bond acceptors (Lipinski definition) is 3. The van der Waals surface area contributed by atoms with Gasteiger partial charge in [0.25, 0.3) is 0 Å². The van der Waals surface area contributed by atoms with Crippen molar-refractivity contribution in [3.8, 4) is 62.1 Å². The van der Waals surface area contributed by atoms with Crippen molar-refractivity contribution in [2.75, 3.05) is 0 Å². The zero-order valence-corrected chi connectivity index (χ0v) is 41.0. The van der Waals surface area contributed by atoms with Gasteiger partial charge in [-0.15, -0.1) is 0 Å². The van der Waals surface area contributed by atoms with Crippen LogP contribution in [0.3, 0.4) is 0 Å². The minimum Gasteiger partial charge on any atom is -0.336 e. The predicted molar refractivity (Wildman–Crippen MR) is 298 cm³/mol. The van der Waals surface area contributed by atoms with E-state index >= 15 is 0 Å². The first-order valence-electron chi connectivity index (χ1n) is 24.5. The molecule has 0 bridgehead atoms. The Kier molecular flexibility index (Phi) is 10.7. The molecule has 0 aliphatic heterocycles. The molecular weight excluding hydrogens is 863 g/mol. The molecule has 0 radical (unpaired) electrons. The summed E-state index contributed by atoms with van der Waals surface area (Å²) in [7, 11) is 0. The lowest BCUT2D eigenvalue weighted by Gasteiger charge is -2.19. The maximum Gasteiger partial charge on any atom is 0.164 e. The van der Waals surface area contributed by atoms with Gasteiger partial charge in [-0.3, -0.25) is 0 Å². The lowest BCUT2D eigenvalue weighted by Crippen LogP contribution is -2.06. The molecule has 0 atom stereocenters. The van der Waals surface area contributed by atoms with Crippen molar-refractivity contribution in [3.05, 3.63) is 234 Å².